The van der Waals surface area contributed by atoms with Crippen molar-refractivity contribution in [3.63, 3.8) is 0 Å². The van der Waals surface area contributed by atoms with Crippen LogP contribution in [0.5, 0.6) is 0 Å². The van der Waals surface area contributed by atoms with E-state index in [9.17, 15) is 4.79 Å². The number of hydrogen-bond donors (Lipinski definition) is 2. The number of carbonyl (C=O) groups excluding carboxylic acids is 1. The molecule has 1 rings (SSSR count). The second kappa shape index (κ2) is 6.47. The first-order valence-electron chi connectivity index (χ1n) is 5.66. The third kappa shape index (κ3) is 4.85. The molecule has 0 bridgehead atoms. The molecule has 0 heterocycles. The van der Waals surface area contributed by atoms with Crippen molar-refractivity contribution < 1.29 is 4.79 Å². The number of terminal acetylenes is 1. The summed E-state index contributed by atoms with van der Waals surface area (Å²) in [6, 6.07) is 0.369. The Kier molecular flexibility index (Phi) is 5.20. The molecule has 1 fully saturated rings. The molecule has 1 aliphatic rings. The lowest BCUT2D eigenvalue weighted by molar-refractivity contribution is -0.121. The minimum absolute atomic E-state index is 0.0596. The molecule has 0 aromatic heterocycles. The van der Waals surface area contributed by atoms with Gasteiger partial charge in [-0.3, -0.25) is 10.1 Å². The van der Waals surface area contributed by atoms with Crippen molar-refractivity contribution in [1.29, 1.82) is 0 Å². The summed E-state index contributed by atoms with van der Waals surface area (Å²) in [5, 5.41) is 5.93. The van der Waals surface area contributed by atoms with Gasteiger partial charge in [0.2, 0.25) is 5.91 Å². The van der Waals surface area contributed by atoms with Crippen LogP contribution < -0.4 is 10.6 Å². The van der Waals surface area contributed by atoms with Gasteiger partial charge in [0, 0.05) is 6.04 Å². The largest absolute Gasteiger partial charge is 0.352 e. The van der Waals surface area contributed by atoms with Gasteiger partial charge in [-0.25, -0.2) is 0 Å². The van der Waals surface area contributed by atoms with Crippen LogP contribution in [0.3, 0.4) is 0 Å². The average molecular weight is 208 g/mol. The Hall–Kier alpha value is -1.01. The average Bonchev–Trinajstić information content (AvgIpc) is 2.18. The predicted molar refractivity (Wildman–Crippen MR) is 61.3 cm³/mol. The Balaban J connectivity index is 2.16. The van der Waals surface area contributed by atoms with E-state index in [1.807, 2.05) is 0 Å². The van der Waals surface area contributed by atoms with E-state index in [0.717, 1.165) is 18.8 Å². The van der Waals surface area contributed by atoms with Gasteiger partial charge >= 0.3 is 0 Å². The van der Waals surface area contributed by atoms with Crippen molar-refractivity contribution in [2.24, 2.45) is 5.92 Å². The van der Waals surface area contributed by atoms with Crippen LogP contribution in [0.25, 0.3) is 0 Å². The van der Waals surface area contributed by atoms with E-state index in [2.05, 4.69) is 23.5 Å². The van der Waals surface area contributed by atoms with Gasteiger partial charge in [0.15, 0.2) is 0 Å². The molecule has 0 aromatic rings. The Morgan fingerprint density at radius 2 is 2.33 bits per heavy atom. The maximum absolute atomic E-state index is 11.5. The number of amides is 1. The topological polar surface area (TPSA) is 41.1 Å². The monoisotopic (exact) mass is 208 g/mol. The highest BCUT2D eigenvalue weighted by atomic mass is 16.1. The zero-order valence-electron chi connectivity index (χ0n) is 9.38. The van der Waals surface area contributed by atoms with Crippen LogP contribution in [-0.4, -0.2) is 25.0 Å². The van der Waals surface area contributed by atoms with E-state index in [-0.39, 0.29) is 5.91 Å². The van der Waals surface area contributed by atoms with Crippen LogP contribution in [-0.2, 0) is 4.79 Å². The Morgan fingerprint density at radius 3 is 3.00 bits per heavy atom. The standard InChI is InChI=1S/C12H20N2O/c1-3-7-13-9-12(15)14-11-6-4-5-10(2)8-11/h1,10-11,13H,4-9H2,2H3,(H,14,15). The summed E-state index contributed by atoms with van der Waals surface area (Å²) in [6.45, 7) is 3.03. The molecule has 2 atom stereocenters. The van der Waals surface area contributed by atoms with Gasteiger partial charge in [-0.1, -0.05) is 25.7 Å². The summed E-state index contributed by atoms with van der Waals surface area (Å²) in [5.74, 6) is 3.24. The van der Waals surface area contributed by atoms with Gasteiger partial charge < -0.3 is 5.32 Å². The van der Waals surface area contributed by atoms with Crippen LogP contribution in [0.15, 0.2) is 0 Å². The first-order chi connectivity index (χ1) is 7.22. The highest BCUT2D eigenvalue weighted by Gasteiger charge is 2.19. The molecule has 84 valence electrons. The molecule has 1 saturated carbocycles. The number of nitrogens with one attached hydrogen (secondary N) is 2. The lowest BCUT2D eigenvalue weighted by atomic mass is 9.87. The summed E-state index contributed by atoms with van der Waals surface area (Å²) >= 11 is 0. The predicted octanol–water partition coefficient (Wildman–Crippen LogP) is 0.904. The molecule has 2 N–H and O–H groups in total. The van der Waals surface area contributed by atoms with Gasteiger partial charge in [0.1, 0.15) is 0 Å². The molecule has 2 unspecified atom stereocenters. The summed E-state index contributed by atoms with van der Waals surface area (Å²) < 4.78 is 0. The Labute approximate surface area is 92.0 Å². The number of rotatable bonds is 4. The van der Waals surface area contributed by atoms with E-state index in [0.29, 0.717) is 19.1 Å². The third-order valence-electron chi connectivity index (χ3n) is 2.81. The zero-order chi connectivity index (χ0) is 11.1. The molecular formula is C12H20N2O. The summed E-state index contributed by atoms with van der Waals surface area (Å²) in [7, 11) is 0. The zero-order valence-corrected chi connectivity index (χ0v) is 9.38. The van der Waals surface area contributed by atoms with E-state index in [4.69, 9.17) is 6.42 Å². The van der Waals surface area contributed by atoms with Crippen LogP contribution >= 0.6 is 0 Å². The van der Waals surface area contributed by atoms with Crippen molar-refractivity contribution in [2.75, 3.05) is 13.1 Å². The van der Waals surface area contributed by atoms with E-state index < -0.39 is 0 Å². The van der Waals surface area contributed by atoms with Gasteiger partial charge in [-0.15, -0.1) is 6.42 Å². The van der Waals surface area contributed by atoms with Crippen molar-refractivity contribution in [3.8, 4) is 12.3 Å². The lowest BCUT2D eigenvalue weighted by Crippen LogP contribution is -2.42. The number of carbonyl (C=O) groups is 1. The molecule has 0 spiro atoms. The van der Waals surface area contributed by atoms with Crippen LogP contribution in [0.4, 0.5) is 0 Å². The van der Waals surface area contributed by atoms with Crippen molar-refractivity contribution in [2.45, 2.75) is 38.6 Å². The molecule has 0 aliphatic heterocycles. The molecule has 0 saturated heterocycles. The summed E-state index contributed by atoms with van der Waals surface area (Å²) in [4.78, 5) is 11.5. The molecule has 15 heavy (non-hydrogen) atoms. The van der Waals surface area contributed by atoms with Gasteiger partial charge in [-0.05, 0) is 18.8 Å². The second-order valence-electron chi connectivity index (χ2n) is 4.34. The maximum Gasteiger partial charge on any atom is 0.234 e. The molecular weight excluding hydrogens is 188 g/mol. The van der Waals surface area contributed by atoms with E-state index in [1.165, 1.54) is 12.8 Å². The van der Waals surface area contributed by atoms with Crippen molar-refractivity contribution in [1.82, 2.24) is 10.6 Å². The van der Waals surface area contributed by atoms with Gasteiger partial charge in [0.05, 0.1) is 13.1 Å². The van der Waals surface area contributed by atoms with Gasteiger partial charge in [0.25, 0.3) is 0 Å². The fourth-order valence-corrected chi connectivity index (χ4v) is 2.09. The molecule has 1 aliphatic carbocycles. The highest BCUT2D eigenvalue weighted by Crippen LogP contribution is 2.23. The third-order valence-corrected chi connectivity index (χ3v) is 2.81. The molecule has 0 aromatic carbocycles. The first kappa shape index (κ1) is 12.1. The van der Waals surface area contributed by atoms with Crippen molar-refractivity contribution in [3.05, 3.63) is 0 Å². The van der Waals surface area contributed by atoms with Crippen LogP contribution in [0, 0.1) is 18.3 Å². The molecule has 3 nitrogen and oxygen atoms in total. The molecule has 3 heteroatoms. The van der Waals surface area contributed by atoms with Crippen LogP contribution in [0.1, 0.15) is 32.6 Å². The fraction of sp³-hybridized carbons (Fsp3) is 0.750. The fourth-order valence-electron chi connectivity index (χ4n) is 2.09. The molecule has 1 amide bonds. The van der Waals surface area contributed by atoms with E-state index in [1.54, 1.807) is 0 Å². The highest BCUT2D eigenvalue weighted by molar-refractivity contribution is 5.78. The minimum atomic E-state index is 0.0596. The normalized spacial score (nSPS) is 25.6. The summed E-state index contributed by atoms with van der Waals surface area (Å²) in [5.41, 5.74) is 0. The second-order valence-corrected chi connectivity index (χ2v) is 4.34. The van der Waals surface area contributed by atoms with E-state index >= 15 is 0 Å². The number of hydrogen-bond acceptors (Lipinski definition) is 2. The Morgan fingerprint density at radius 1 is 1.53 bits per heavy atom. The van der Waals surface area contributed by atoms with Crippen molar-refractivity contribution >= 4 is 5.91 Å². The quantitative estimate of drug-likeness (QED) is 0.532. The smallest absolute Gasteiger partial charge is 0.234 e. The van der Waals surface area contributed by atoms with Gasteiger partial charge in [-0.2, -0.15) is 0 Å². The maximum atomic E-state index is 11.5. The minimum Gasteiger partial charge on any atom is -0.352 e. The Bertz CT molecular complexity index is 244. The molecule has 0 radical (unpaired) electrons. The SMILES string of the molecule is C#CCNCC(=O)NC1CCCC(C)C1. The first-order valence-corrected chi connectivity index (χ1v) is 5.66. The summed E-state index contributed by atoms with van der Waals surface area (Å²) in [6.07, 6.45) is 9.82. The van der Waals surface area contributed by atoms with Crippen LogP contribution in [0.2, 0.25) is 0 Å². The lowest BCUT2D eigenvalue weighted by Gasteiger charge is -2.27.